The summed E-state index contributed by atoms with van der Waals surface area (Å²) in [6.45, 7) is -0.157. The van der Waals surface area contributed by atoms with Gasteiger partial charge >= 0.3 is 5.97 Å². The van der Waals surface area contributed by atoms with Crippen molar-refractivity contribution in [2.45, 2.75) is 23.9 Å². The van der Waals surface area contributed by atoms with Gasteiger partial charge < -0.3 is 26.1 Å². The third-order valence-corrected chi connectivity index (χ3v) is 8.39. The SMILES string of the molecule is Nc1nc(/C(=N/O)C(=O)N[C@@H]2C(=O)N3C(C(=O)OC(c4ccccc4)c4ccccc4)=C(C#CCCO)CS[C@H]23)cs1. The quantitative estimate of drug-likeness (QED) is 0.0754. The first-order valence-electron chi connectivity index (χ1n) is 12.8. The Labute approximate surface area is 249 Å². The fourth-order valence-corrected chi connectivity index (χ4v) is 6.33. The molecule has 0 aliphatic carbocycles. The van der Waals surface area contributed by atoms with Crippen molar-refractivity contribution in [2.75, 3.05) is 18.1 Å². The van der Waals surface area contributed by atoms with Crippen LogP contribution in [0.3, 0.4) is 0 Å². The number of hydrogen-bond donors (Lipinski definition) is 4. The number of carbonyl (C=O) groups excluding carboxylic acids is 3. The van der Waals surface area contributed by atoms with Gasteiger partial charge in [0.2, 0.25) is 0 Å². The van der Waals surface area contributed by atoms with Crippen LogP contribution in [-0.4, -0.2) is 67.5 Å². The molecule has 11 nitrogen and oxygen atoms in total. The lowest BCUT2D eigenvalue weighted by molar-refractivity contribution is -0.154. The second-order valence-corrected chi connectivity index (χ2v) is 11.1. The van der Waals surface area contributed by atoms with Gasteiger partial charge in [0.1, 0.15) is 22.8 Å². The summed E-state index contributed by atoms with van der Waals surface area (Å²) in [7, 11) is 0. The minimum Gasteiger partial charge on any atom is -0.448 e. The molecule has 0 spiro atoms. The molecule has 0 unspecified atom stereocenters. The molecule has 2 atom stereocenters. The molecule has 13 heteroatoms. The number of esters is 1. The highest BCUT2D eigenvalue weighted by Gasteiger charge is 2.55. The number of aliphatic hydroxyl groups is 1. The zero-order valence-electron chi connectivity index (χ0n) is 22.0. The van der Waals surface area contributed by atoms with Crippen LogP contribution in [0.2, 0.25) is 0 Å². The summed E-state index contributed by atoms with van der Waals surface area (Å²) in [5.41, 5.74) is 7.15. The normalized spacial score (nSPS) is 18.1. The molecule has 3 aromatic rings. The van der Waals surface area contributed by atoms with E-state index in [-0.39, 0.29) is 35.3 Å². The summed E-state index contributed by atoms with van der Waals surface area (Å²) < 4.78 is 6.06. The molecule has 2 amide bonds. The summed E-state index contributed by atoms with van der Waals surface area (Å²) in [5.74, 6) is 3.86. The number of aromatic nitrogens is 1. The summed E-state index contributed by atoms with van der Waals surface area (Å²) in [4.78, 5) is 45.4. The molecule has 5 N–H and O–H groups in total. The molecule has 2 aromatic carbocycles. The minimum atomic E-state index is -1.01. The third kappa shape index (κ3) is 5.87. The zero-order valence-corrected chi connectivity index (χ0v) is 23.6. The van der Waals surface area contributed by atoms with E-state index >= 15 is 0 Å². The van der Waals surface area contributed by atoms with E-state index in [9.17, 15) is 24.7 Å². The molecule has 5 rings (SSSR count). The zero-order chi connectivity index (χ0) is 29.6. The number of β-lactam (4-membered cyclic amide) rings is 1. The van der Waals surface area contributed by atoms with Crippen LogP contribution in [0.4, 0.5) is 5.13 Å². The van der Waals surface area contributed by atoms with Crippen molar-refractivity contribution in [2.24, 2.45) is 5.16 Å². The van der Waals surface area contributed by atoms with E-state index in [4.69, 9.17) is 10.5 Å². The number of anilines is 1. The van der Waals surface area contributed by atoms with E-state index in [2.05, 4.69) is 27.3 Å². The molecule has 2 aliphatic heterocycles. The third-order valence-electron chi connectivity index (χ3n) is 6.43. The molecular weight excluding hydrogens is 578 g/mol. The van der Waals surface area contributed by atoms with Gasteiger partial charge in [-0.3, -0.25) is 14.5 Å². The smallest absolute Gasteiger partial charge is 0.357 e. The number of rotatable bonds is 8. The van der Waals surface area contributed by atoms with Gasteiger partial charge in [0.15, 0.2) is 16.9 Å². The van der Waals surface area contributed by atoms with Crippen LogP contribution in [-0.2, 0) is 19.1 Å². The van der Waals surface area contributed by atoms with Crippen molar-refractivity contribution < 1.29 is 29.4 Å². The van der Waals surface area contributed by atoms with Gasteiger partial charge in [-0.1, -0.05) is 77.7 Å². The first-order valence-corrected chi connectivity index (χ1v) is 14.7. The van der Waals surface area contributed by atoms with Crippen LogP contribution < -0.4 is 11.1 Å². The average molecular weight is 604 g/mol. The second-order valence-electron chi connectivity index (χ2n) is 9.09. The Morgan fingerprint density at radius 3 is 2.40 bits per heavy atom. The number of thiazole rings is 1. The summed E-state index contributed by atoms with van der Waals surface area (Å²) in [6, 6.07) is 17.4. The maximum atomic E-state index is 13.8. The summed E-state index contributed by atoms with van der Waals surface area (Å²) in [6.07, 6.45) is -0.569. The highest BCUT2D eigenvalue weighted by atomic mass is 32.2. The monoisotopic (exact) mass is 603 g/mol. The lowest BCUT2D eigenvalue weighted by atomic mass is 10.0. The van der Waals surface area contributed by atoms with Gasteiger partial charge in [0, 0.05) is 23.1 Å². The number of nitrogens with zero attached hydrogens (tertiary/aromatic N) is 3. The van der Waals surface area contributed by atoms with Crippen LogP contribution >= 0.6 is 23.1 Å². The Kier molecular flexibility index (Phi) is 8.87. The van der Waals surface area contributed by atoms with E-state index in [0.29, 0.717) is 5.57 Å². The number of ether oxygens (including phenoxy) is 1. The number of aliphatic hydroxyl groups excluding tert-OH is 1. The topological polar surface area (TPSA) is 167 Å². The molecule has 3 heterocycles. The number of nitrogens with two attached hydrogens (primary N) is 1. The van der Waals surface area contributed by atoms with E-state index in [0.717, 1.165) is 22.5 Å². The Hall–Kier alpha value is -4.64. The Balaban J connectivity index is 1.42. The van der Waals surface area contributed by atoms with Crippen LogP contribution in [0.1, 0.15) is 29.3 Å². The number of nitrogen functional groups attached to an aromatic ring is 1. The predicted octanol–water partition coefficient (Wildman–Crippen LogP) is 2.28. The summed E-state index contributed by atoms with van der Waals surface area (Å²) in [5, 5.41) is 25.3. The number of oxime groups is 1. The van der Waals surface area contributed by atoms with Crippen molar-refractivity contribution in [3.8, 4) is 11.8 Å². The predicted molar refractivity (Wildman–Crippen MR) is 157 cm³/mol. The van der Waals surface area contributed by atoms with Crippen LogP contribution in [0.15, 0.2) is 82.5 Å². The first-order chi connectivity index (χ1) is 20.4. The van der Waals surface area contributed by atoms with Gasteiger partial charge in [-0.15, -0.1) is 23.1 Å². The molecule has 0 bridgehead atoms. The summed E-state index contributed by atoms with van der Waals surface area (Å²) >= 11 is 2.37. The number of benzene rings is 2. The second kappa shape index (κ2) is 12.9. The highest BCUT2D eigenvalue weighted by Crippen LogP contribution is 2.41. The molecule has 0 radical (unpaired) electrons. The van der Waals surface area contributed by atoms with Crippen LogP contribution in [0, 0.1) is 11.8 Å². The fourth-order valence-electron chi connectivity index (χ4n) is 4.50. The van der Waals surface area contributed by atoms with Gasteiger partial charge in [0.25, 0.3) is 11.8 Å². The van der Waals surface area contributed by atoms with Gasteiger partial charge in [0.05, 0.1) is 6.61 Å². The Morgan fingerprint density at radius 1 is 1.17 bits per heavy atom. The fraction of sp³-hybridized carbons (Fsp3) is 0.207. The van der Waals surface area contributed by atoms with E-state index in [1.165, 1.54) is 22.0 Å². The van der Waals surface area contributed by atoms with E-state index in [1.807, 2.05) is 60.7 Å². The molecular formula is C29H25N5O6S2. The lowest BCUT2D eigenvalue weighted by Crippen LogP contribution is -2.71. The van der Waals surface area contributed by atoms with Gasteiger partial charge in [-0.05, 0) is 11.1 Å². The average Bonchev–Trinajstić information content (AvgIpc) is 3.45. The van der Waals surface area contributed by atoms with E-state index < -0.39 is 41.0 Å². The lowest BCUT2D eigenvalue weighted by Gasteiger charge is -2.49. The Morgan fingerprint density at radius 2 is 1.83 bits per heavy atom. The number of thioether (sulfide) groups is 1. The molecule has 1 aromatic heterocycles. The van der Waals surface area contributed by atoms with Crippen LogP contribution in [0.5, 0.6) is 0 Å². The van der Waals surface area contributed by atoms with Crippen molar-refractivity contribution in [1.82, 2.24) is 15.2 Å². The van der Waals surface area contributed by atoms with Crippen molar-refractivity contribution >= 4 is 51.7 Å². The molecule has 0 saturated carbocycles. The Bertz CT molecular complexity index is 1570. The van der Waals surface area contributed by atoms with Crippen LogP contribution in [0.25, 0.3) is 0 Å². The number of carbonyl (C=O) groups is 3. The molecule has 1 saturated heterocycles. The van der Waals surface area contributed by atoms with Crippen molar-refractivity contribution in [3.05, 3.63) is 94.1 Å². The number of fused-ring (bicyclic) bond motifs is 1. The molecule has 2 aliphatic rings. The first kappa shape index (κ1) is 28.9. The minimum absolute atomic E-state index is 0.0140. The number of nitrogens with one attached hydrogen (secondary N) is 1. The van der Waals surface area contributed by atoms with Gasteiger partial charge in [-0.25, -0.2) is 9.78 Å². The standard InChI is InChI=1S/C29H25N5O6S2/c30-29-31-20(16-42-29)21(33-39)25(36)32-22-26(37)34-23(19(13-7-8-14-35)15-41-27(22)34)28(38)40-24(17-9-3-1-4-10-17)18-11-5-2-6-12-18/h1-6,9-12,16,22,24,27,35,39H,8,14-15H2,(H2,30,31)(H,32,36)/b33-21-/t22-,27-/m1/s1. The molecule has 214 valence electrons. The van der Waals surface area contributed by atoms with Crippen molar-refractivity contribution in [3.63, 3.8) is 0 Å². The maximum absolute atomic E-state index is 13.8. The number of amides is 2. The maximum Gasteiger partial charge on any atom is 0.357 e. The highest BCUT2D eigenvalue weighted by molar-refractivity contribution is 8.00. The van der Waals surface area contributed by atoms with Gasteiger partial charge in [-0.2, -0.15) is 0 Å². The van der Waals surface area contributed by atoms with E-state index in [1.54, 1.807) is 0 Å². The largest absolute Gasteiger partial charge is 0.448 e. The number of hydrogen-bond acceptors (Lipinski definition) is 11. The van der Waals surface area contributed by atoms with Crippen molar-refractivity contribution in [1.29, 1.82) is 0 Å². The molecule has 42 heavy (non-hydrogen) atoms. The molecule has 1 fully saturated rings.